The van der Waals surface area contributed by atoms with Crippen LogP contribution in [0.25, 0.3) is 0 Å². The number of benzene rings is 4. The van der Waals surface area contributed by atoms with E-state index in [1.807, 2.05) is 115 Å². The van der Waals surface area contributed by atoms with Crippen LogP contribution >= 0.6 is 0 Å². The highest BCUT2D eigenvalue weighted by atomic mass is 16.9. The van der Waals surface area contributed by atoms with Crippen LogP contribution < -0.4 is 26.6 Å². The first-order chi connectivity index (χ1) is 20.0. The van der Waals surface area contributed by atoms with Crippen molar-refractivity contribution >= 4 is 11.9 Å². The van der Waals surface area contributed by atoms with Gasteiger partial charge in [0.2, 0.25) is 0 Å². The molecule has 0 saturated heterocycles. The summed E-state index contributed by atoms with van der Waals surface area (Å²) in [4.78, 5) is 34.0. The average molecular weight is 556 g/mol. The maximum atomic E-state index is 12.2. The second kappa shape index (κ2) is 15.2. The Morgan fingerprint density at radius 2 is 0.902 bits per heavy atom. The summed E-state index contributed by atoms with van der Waals surface area (Å²) in [7, 11) is 0. The van der Waals surface area contributed by atoms with Crippen LogP contribution in [0.4, 0.5) is 0 Å². The second-order valence-electron chi connectivity index (χ2n) is 9.38. The Balaban J connectivity index is 1.13. The van der Waals surface area contributed by atoms with E-state index in [9.17, 15) is 9.59 Å². The van der Waals surface area contributed by atoms with E-state index in [0.29, 0.717) is 24.7 Å². The van der Waals surface area contributed by atoms with Crippen LogP contribution in [0.15, 0.2) is 109 Å². The van der Waals surface area contributed by atoms with Crippen molar-refractivity contribution in [3.63, 3.8) is 0 Å². The minimum absolute atomic E-state index is 0.220. The topological polar surface area (TPSA) is 135 Å². The molecule has 9 nitrogen and oxygen atoms in total. The zero-order valence-electron chi connectivity index (χ0n) is 22.5. The van der Waals surface area contributed by atoms with Gasteiger partial charge in [0.25, 0.3) is 0 Å². The number of nitrogens with two attached hydrogens (primary N) is 2. The van der Waals surface area contributed by atoms with Crippen molar-refractivity contribution in [3.05, 3.63) is 131 Å². The minimum atomic E-state index is -0.978. The lowest BCUT2D eigenvalue weighted by molar-refractivity contribution is -0.200. The number of rotatable bonds is 14. The van der Waals surface area contributed by atoms with Gasteiger partial charge in [0.15, 0.2) is 0 Å². The summed E-state index contributed by atoms with van der Waals surface area (Å²) >= 11 is 0. The normalized spacial score (nSPS) is 12.1. The highest BCUT2D eigenvalue weighted by Crippen LogP contribution is 2.16. The monoisotopic (exact) mass is 555 g/mol. The highest BCUT2D eigenvalue weighted by molar-refractivity contribution is 5.77. The van der Waals surface area contributed by atoms with Crippen molar-refractivity contribution in [2.45, 2.75) is 38.1 Å². The van der Waals surface area contributed by atoms with Crippen LogP contribution in [-0.4, -0.2) is 24.0 Å². The molecule has 2 unspecified atom stereocenters. The van der Waals surface area contributed by atoms with Gasteiger partial charge >= 0.3 is 11.9 Å². The number of carbonyl (C=O) groups excluding carboxylic acids is 2. The standard InChI is InChI=1S/C32H33N3O6/c33-29(19-23-11-15-27(16-12-23)38-21-25-7-3-1-4-8-25)31(36)40-35-41-32(37)30(34)20-24-13-17-28(18-14-24)39-22-26-9-5-2-6-10-26/h1-18,29-30,35H,19-22,33-34H2. The SMILES string of the molecule is NC(Cc1ccc(OCc2ccccc2)cc1)C(=O)ONOC(=O)C(N)Cc1ccc(OCc2ccccc2)cc1. The van der Waals surface area contributed by atoms with Crippen LogP contribution in [0.5, 0.6) is 11.5 Å². The quantitative estimate of drug-likeness (QED) is 0.199. The smallest absolute Gasteiger partial charge is 0.345 e. The van der Waals surface area contributed by atoms with Crippen molar-refractivity contribution in [1.29, 1.82) is 0 Å². The fourth-order valence-corrected chi connectivity index (χ4v) is 3.85. The molecule has 0 spiro atoms. The van der Waals surface area contributed by atoms with Gasteiger partial charge in [-0.2, -0.15) is 0 Å². The maximum absolute atomic E-state index is 12.2. The third kappa shape index (κ3) is 9.77. The maximum Gasteiger partial charge on any atom is 0.345 e. The molecule has 0 saturated carbocycles. The molecule has 0 heterocycles. The predicted molar refractivity (Wildman–Crippen MR) is 153 cm³/mol. The van der Waals surface area contributed by atoms with E-state index in [1.54, 1.807) is 0 Å². The number of hydrogen-bond donors (Lipinski definition) is 3. The fourth-order valence-electron chi connectivity index (χ4n) is 3.85. The largest absolute Gasteiger partial charge is 0.489 e. The minimum Gasteiger partial charge on any atom is -0.489 e. The van der Waals surface area contributed by atoms with E-state index in [4.69, 9.17) is 30.6 Å². The average Bonchev–Trinajstić information content (AvgIpc) is 3.01. The van der Waals surface area contributed by atoms with Gasteiger partial charge in [-0.1, -0.05) is 84.9 Å². The summed E-state index contributed by atoms with van der Waals surface area (Å²) in [5.74, 6) is -0.180. The third-order valence-corrected chi connectivity index (χ3v) is 6.14. The first-order valence-corrected chi connectivity index (χ1v) is 13.1. The number of nitrogens with one attached hydrogen (secondary N) is 1. The summed E-state index contributed by atoms with van der Waals surface area (Å²) in [6, 6.07) is 32.2. The molecule has 0 amide bonds. The Labute approximate surface area is 238 Å². The highest BCUT2D eigenvalue weighted by Gasteiger charge is 2.20. The van der Waals surface area contributed by atoms with E-state index in [-0.39, 0.29) is 12.8 Å². The lowest BCUT2D eigenvalue weighted by atomic mass is 10.1. The Kier molecular flexibility index (Phi) is 10.8. The molecule has 2 atom stereocenters. The molecule has 0 bridgehead atoms. The van der Waals surface area contributed by atoms with E-state index >= 15 is 0 Å². The van der Waals surface area contributed by atoms with Gasteiger partial charge in [-0.25, -0.2) is 9.59 Å². The van der Waals surface area contributed by atoms with Crippen LogP contribution in [0.1, 0.15) is 22.3 Å². The van der Waals surface area contributed by atoms with Gasteiger partial charge in [0, 0.05) is 5.64 Å². The summed E-state index contributed by atoms with van der Waals surface area (Å²) in [5.41, 5.74) is 17.6. The molecule has 0 aromatic heterocycles. The third-order valence-electron chi connectivity index (χ3n) is 6.14. The Morgan fingerprint density at radius 3 is 1.27 bits per heavy atom. The molecule has 0 aliphatic heterocycles. The first-order valence-electron chi connectivity index (χ1n) is 13.1. The zero-order chi connectivity index (χ0) is 28.9. The fraction of sp³-hybridized carbons (Fsp3) is 0.188. The molecule has 0 aliphatic carbocycles. The van der Waals surface area contributed by atoms with Crippen molar-refractivity contribution in [3.8, 4) is 11.5 Å². The van der Waals surface area contributed by atoms with Crippen LogP contribution in [0.2, 0.25) is 0 Å². The molecule has 4 aromatic carbocycles. The lowest BCUT2D eigenvalue weighted by Crippen LogP contribution is -2.41. The molecule has 41 heavy (non-hydrogen) atoms. The van der Waals surface area contributed by atoms with Crippen molar-refractivity contribution in [2.24, 2.45) is 11.5 Å². The van der Waals surface area contributed by atoms with Crippen LogP contribution in [0.3, 0.4) is 0 Å². The summed E-state index contributed by atoms with van der Waals surface area (Å²) < 4.78 is 11.5. The van der Waals surface area contributed by atoms with Crippen LogP contribution in [0, 0.1) is 0 Å². The van der Waals surface area contributed by atoms with Gasteiger partial charge in [0.05, 0.1) is 0 Å². The summed E-state index contributed by atoms with van der Waals surface area (Å²) in [6.45, 7) is 0.910. The molecule has 5 N–H and O–H groups in total. The lowest BCUT2D eigenvalue weighted by Gasteiger charge is -2.14. The zero-order valence-corrected chi connectivity index (χ0v) is 22.5. The molecule has 4 rings (SSSR count). The number of carbonyl (C=O) groups is 2. The van der Waals surface area contributed by atoms with E-state index < -0.39 is 24.0 Å². The first kappa shape index (κ1) is 29.3. The van der Waals surface area contributed by atoms with Gasteiger partial charge in [0.1, 0.15) is 36.8 Å². The molecule has 9 heteroatoms. The number of hydrogen-bond acceptors (Lipinski definition) is 9. The van der Waals surface area contributed by atoms with E-state index in [1.165, 1.54) is 0 Å². The Bertz CT molecular complexity index is 1260. The molecule has 0 radical (unpaired) electrons. The summed E-state index contributed by atoms with van der Waals surface area (Å²) in [6.07, 6.45) is 0.440. The van der Waals surface area contributed by atoms with Gasteiger partial charge in [-0.3, -0.25) is 0 Å². The molecule has 4 aromatic rings. The predicted octanol–water partition coefficient (Wildman–Crippen LogP) is 3.79. The summed E-state index contributed by atoms with van der Waals surface area (Å²) in [5, 5.41) is 0. The molecular formula is C32H33N3O6. The second-order valence-corrected chi connectivity index (χ2v) is 9.38. The van der Waals surface area contributed by atoms with Gasteiger partial charge in [-0.15, -0.1) is 0 Å². The molecular weight excluding hydrogens is 522 g/mol. The van der Waals surface area contributed by atoms with Crippen molar-refractivity contribution < 1.29 is 28.7 Å². The Hall–Kier alpha value is -4.70. The van der Waals surface area contributed by atoms with Gasteiger partial charge < -0.3 is 30.6 Å². The van der Waals surface area contributed by atoms with Crippen LogP contribution in [-0.2, 0) is 45.3 Å². The Morgan fingerprint density at radius 1 is 0.537 bits per heavy atom. The van der Waals surface area contributed by atoms with Crippen molar-refractivity contribution in [1.82, 2.24) is 5.64 Å². The van der Waals surface area contributed by atoms with Crippen molar-refractivity contribution in [2.75, 3.05) is 0 Å². The molecule has 212 valence electrons. The van der Waals surface area contributed by atoms with Gasteiger partial charge in [-0.05, 0) is 59.4 Å². The van der Waals surface area contributed by atoms with E-state index in [2.05, 4.69) is 0 Å². The van der Waals surface area contributed by atoms with E-state index in [0.717, 1.165) is 22.3 Å². The molecule has 0 fully saturated rings. The number of ether oxygens (including phenoxy) is 2. The molecule has 0 aliphatic rings.